The number of methoxy groups -OCH3 is 1. The lowest BCUT2D eigenvalue weighted by molar-refractivity contribution is -0.143. The summed E-state index contributed by atoms with van der Waals surface area (Å²) in [5.41, 5.74) is 0.659. The van der Waals surface area contributed by atoms with Crippen molar-refractivity contribution in [1.82, 2.24) is 0 Å². The molecule has 1 atom stereocenters. The van der Waals surface area contributed by atoms with Gasteiger partial charge in [-0.15, -0.1) is 0 Å². The molecule has 1 amide bonds. The average molecular weight is 342 g/mol. The third kappa shape index (κ3) is 3.69. The van der Waals surface area contributed by atoms with Gasteiger partial charge in [-0.25, -0.2) is 9.59 Å². The van der Waals surface area contributed by atoms with Gasteiger partial charge in [-0.05, 0) is 32.9 Å². The Balaban J connectivity index is 2.41. The second kappa shape index (κ2) is 6.66. The summed E-state index contributed by atoms with van der Waals surface area (Å²) in [6, 6.07) is 4.18. The molecular formula is C16H20ClNO5. The van der Waals surface area contributed by atoms with Crippen molar-refractivity contribution in [2.24, 2.45) is 0 Å². The van der Waals surface area contributed by atoms with Crippen LogP contribution in [0.4, 0.5) is 10.5 Å². The van der Waals surface area contributed by atoms with E-state index in [1.165, 1.54) is 12.0 Å². The van der Waals surface area contributed by atoms with E-state index in [9.17, 15) is 9.59 Å². The van der Waals surface area contributed by atoms with Crippen LogP contribution in [-0.4, -0.2) is 36.9 Å². The zero-order valence-corrected chi connectivity index (χ0v) is 14.3. The highest BCUT2D eigenvalue weighted by Gasteiger charge is 2.42. The van der Waals surface area contributed by atoms with Crippen molar-refractivity contribution in [1.29, 1.82) is 0 Å². The van der Waals surface area contributed by atoms with Crippen LogP contribution in [0.5, 0.6) is 5.75 Å². The number of ether oxygens (including phenoxy) is 3. The van der Waals surface area contributed by atoms with Crippen LogP contribution in [-0.2, 0) is 20.7 Å². The van der Waals surface area contributed by atoms with Crippen molar-refractivity contribution in [3.05, 3.63) is 23.8 Å². The highest BCUT2D eigenvalue weighted by Crippen LogP contribution is 2.39. The van der Waals surface area contributed by atoms with E-state index in [-0.39, 0.29) is 12.5 Å². The number of hydrogen-bond donors (Lipinski definition) is 0. The number of benzene rings is 1. The Morgan fingerprint density at radius 3 is 2.61 bits per heavy atom. The lowest BCUT2D eigenvalue weighted by atomic mass is 10.1. The van der Waals surface area contributed by atoms with Gasteiger partial charge in [-0.2, -0.15) is 0 Å². The van der Waals surface area contributed by atoms with Crippen LogP contribution < -0.4 is 9.64 Å². The summed E-state index contributed by atoms with van der Waals surface area (Å²) in [5, 5.41) is 0. The molecule has 126 valence electrons. The molecule has 0 saturated heterocycles. The summed E-state index contributed by atoms with van der Waals surface area (Å²) >= 11 is 5.48. The largest absolute Gasteiger partial charge is 0.496 e. The molecule has 0 fully saturated rings. The number of rotatable bonds is 3. The molecule has 0 N–H and O–H groups in total. The number of carbonyl (C=O) groups excluding carboxylic acids is 2. The molecule has 0 aromatic heterocycles. The molecule has 23 heavy (non-hydrogen) atoms. The predicted octanol–water partition coefficient (Wildman–Crippen LogP) is 3.10. The fourth-order valence-electron chi connectivity index (χ4n) is 2.50. The van der Waals surface area contributed by atoms with Gasteiger partial charge in [0, 0.05) is 12.0 Å². The highest BCUT2D eigenvalue weighted by atomic mass is 35.5. The van der Waals surface area contributed by atoms with Crippen LogP contribution in [0.2, 0.25) is 0 Å². The summed E-state index contributed by atoms with van der Waals surface area (Å²) in [4.78, 5) is 26.1. The van der Waals surface area contributed by atoms with Gasteiger partial charge in [0.05, 0.1) is 12.8 Å². The topological polar surface area (TPSA) is 65.1 Å². The fourth-order valence-corrected chi connectivity index (χ4v) is 2.61. The first-order valence-electron chi connectivity index (χ1n) is 7.19. The van der Waals surface area contributed by atoms with Gasteiger partial charge in [-0.3, -0.25) is 4.90 Å². The van der Waals surface area contributed by atoms with Gasteiger partial charge in [0.2, 0.25) is 0 Å². The Bertz CT molecular complexity index is 611. The quantitative estimate of drug-likeness (QED) is 0.624. The summed E-state index contributed by atoms with van der Waals surface area (Å²) in [7, 11) is 1.54. The number of hydrogen-bond acceptors (Lipinski definition) is 5. The Morgan fingerprint density at radius 2 is 2.04 bits per heavy atom. The molecule has 0 aliphatic carbocycles. The Labute approximate surface area is 140 Å². The molecule has 6 nitrogen and oxygen atoms in total. The normalized spacial score (nSPS) is 16.7. The first-order chi connectivity index (χ1) is 10.8. The van der Waals surface area contributed by atoms with Crippen molar-refractivity contribution in [2.75, 3.05) is 18.1 Å². The molecule has 1 aliphatic rings. The van der Waals surface area contributed by atoms with Gasteiger partial charge < -0.3 is 14.2 Å². The maximum atomic E-state index is 12.6. The molecule has 1 heterocycles. The van der Waals surface area contributed by atoms with Gasteiger partial charge in [0.15, 0.2) is 6.07 Å². The molecule has 2 rings (SSSR count). The number of fused-ring (bicyclic) bond motifs is 1. The Kier molecular flexibility index (Phi) is 5.04. The third-order valence-corrected chi connectivity index (χ3v) is 3.47. The van der Waals surface area contributed by atoms with Crippen LogP contribution in [0.15, 0.2) is 18.2 Å². The van der Waals surface area contributed by atoms with Gasteiger partial charge in [0.1, 0.15) is 17.4 Å². The number of halogens is 1. The second-order valence-corrected chi connectivity index (χ2v) is 6.32. The maximum absolute atomic E-state index is 12.6. The molecule has 7 heteroatoms. The minimum Gasteiger partial charge on any atom is -0.496 e. The second-order valence-electron chi connectivity index (χ2n) is 6.10. The standard InChI is InChI=1S/C16H20ClNO5/c1-16(2,3)23-15(20)18-11-6-5-7-13(21-4)10(11)8-12(18)14(19)22-9-17/h5-7,12H,8-9H2,1-4H3. The van der Waals surface area contributed by atoms with E-state index >= 15 is 0 Å². The summed E-state index contributed by atoms with van der Waals surface area (Å²) < 4.78 is 15.6. The van der Waals surface area contributed by atoms with Gasteiger partial charge >= 0.3 is 12.1 Å². The minimum atomic E-state index is -0.824. The fraction of sp³-hybridized carbons (Fsp3) is 0.500. The highest BCUT2D eigenvalue weighted by molar-refractivity contribution is 6.17. The van der Waals surface area contributed by atoms with E-state index in [0.717, 1.165) is 5.56 Å². The van der Waals surface area contributed by atoms with Gasteiger partial charge in [-0.1, -0.05) is 17.7 Å². The average Bonchev–Trinajstić information content (AvgIpc) is 2.85. The molecule has 0 radical (unpaired) electrons. The molecule has 0 bridgehead atoms. The molecule has 1 aromatic carbocycles. The number of anilines is 1. The van der Waals surface area contributed by atoms with Crippen LogP contribution in [0.1, 0.15) is 26.3 Å². The number of alkyl halides is 1. The lowest BCUT2D eigenvalue weighted by Crippen LogP contribution is -2.46. The zero-order chi connectivity index (χ0) is 17.2. The monoisotopic (exact) mass is 341 g/mol. The smallest absolute Gasteiger partial charge is 0.415 e. The molecular weight excluding hydrogens is 322 g/mol. The van der Waals surface area contributed by atoms with Crippen molar-refractivity contribution in [3.63, 3.8) is 0 Å². The van der Waals surface area contributed by atoms with Gasteiger partial charge in [0.25, 0.3) is 0 Å². The van der Waals surface area contributed by atoms with Crippen LogP contribution >= 0.6 is 11.6 Å². The molecule has 1 aromatic rings. The van der Waals surface area contributed by atoms with Crippen molar-refractivity contribution in [2.45, 2.75) is 38.8 Å². The minimum absolute atomic E-state index is 0.273. The van der Waals surface area contributed by atoms with Crippen LogP contribution in [0.25, 0.3) is 0 Å². The summed E-state index contributed by atoms with van der Waals surface area (Å²) in [5.74, 6) is 0.0290. The molecule has 1 unspecified atom stereocenters. The Morgan fingerprint density at radius 1 is 1.35 bits per heavy atom. The molecule has 0 saturated carbocycles. The van der Waals surface area contributed by atoms with E-state index in [1.807, 2.05) is 0 Å². The Hall–Kier alpha value is -1.95. The van der Waals surface area contributed by atoms with Crippen molar-refractivity contribution in [3.8, 4) is 5.75 Å². The van der Waals surface area contributed by atoms with Crippen LogP contribution in [0, 0.1) is 0 Å². The van der Waals surface area contributed by atoms with E-state index in [4.69, 9.17) is 25.8 Å². The predicted molar refractivity (Wildman–Crippen MR) is 86.0 cm³/mol. The van der Waals surface area contributed by atoms with E-state index < -0.39 is 23.7 Å². The SMILES string of the molecule is COc1cccc2c1CC(C(=O)OCCl)N2C(=O)OC(C)(C)C. The van der Waals surface area contributed by atoms with Crippen molar-refractivity contribution < 1.29 is 23.8 Å². The summed E-state index contributed by atoms with van der Waals surface area (Å²) in [6.45, 7) is 5.29. The number of esters is 1. The number of nitrogens with zero attached hydrogens (tertiary/aromatic N) is 1. The summed E-state index contributed by atoms with van der Waals surface area (Å²) in [6.07, 6.45) is -0.324. The maximum Gasteiger partial charge on any atom is 0.415 e. The molecule has 0 spiro atoms. The number of amides is 1. The van der Waals surface area contributed by atoms with E-state index in [1.54, 1.807) is 39.0 Å². The van der Waals surface area contributed by atoms with Crippen molar-refractivity contribution >= 4 is 29.4 Å². The zero-order valence-electron chi connectivity index (χ0n) is 13.6. The third-order valence-electron chi connectivity index (χ3n) is 3.36. The molecule has 1 aliphatic heterocycles. The number of carbonyl (C=O) groups is 2. The van der Waals surface area contributed by atoms with Crippen LogP contribution in [0.3, 0.4) is 0 Å². The lowest BCUT2D eigenvalue weighted by Gasteiger charge is -2.28. The van der Waals surface area contributed by atoms with E-state index in [2.05, 4.69) is 0 Å². The first kappa shape index (κ1) is 17.4. The van der Waals surface area contributed by atoms with E-state index in [0.29, 0.717) is 11.4 Å². The first-order valence-corrected chi connectivity index (χ1v) is 7.72.